The highest BCUT2D eigenvalue weighted by molar-refractivity contribution is 7.87. The fourth-order valence-electron chi connectivity index (χ4n) is 2.14. The van der Waals surface area contributed by atoms with E-state index in [0.717, 1.165) is 9.79 Å². The third-order valence-electron chi connectivity index (χ3n) is 3.28. The lowest BCUT2D eigenvalue weighted by molar-refractivity contribution is 0.260. The summed E-state index contributed by atoms with van der Waals surface area (Å²) < 4.78 is 4.37. The molecule has 3 aromatic rings. The zero-order chi connectivity index (χ0) is 17.6. The molecule has 0 saturated carbocycles. The van der Waals surface area contributed by atoms with Gasteiger partial charge in [-0.15, -0.1) is 0 Å². The summed E-state index contributed by atoms with van der Waals surface area (Å²) in [7, 11) is -0.711. The molecular weight excluding hydrogens is 375 g/mol. The van der Waals surface area contributed by atoms with Gasteiger partial charge in [-0.05, 0) is 53.2 Å². The fourth-order valence-corrected chi connectivity index (χ4v) is 3.97. The van der Waals surface area contributed by atoms with Crippen LogP contribution in [0.15, 0.2) is 93.0 Å². The van der Waals surface area contributed by atoms with Crippen LogP contribution in [0.3, 0.4) is 0 Å². The maximum absolute atomic E-state index is 12.4. The summed E-state index contributed by atoms with van der Waals surface area (Å²) in [6.07, 6.45) is 0. The van der Waals surface area contributed by atoms with Crippen molar-refractivity contribution < 1.29 is 4.79 Å². The van der Waals surface area contributed by atoms with Gasteiger partial charge in [0.15, 0.2) is 0 Å². The number of nitrogens with one attached hydrogen (secondary N) is 1. The number of urea groups is 1. The summed E-state index contributed by atoms with van der Waals surface area (Å²) in [5.41, 5.74) is 0.549. The molecule has 3 nitrogen and oxygen atoms in total. The van der Waals surface area contributed by atoms with E-state index in [0.29, 0.717) is 15.7 Å². The van der Waals surface area contributed by atoms with Gasteiger partial charge in [-0.25, -0.2) is 4.79 Å². The standard InChI is InChI=1S/C19H14Cl2N2OS/c20-17-12-11-14(13-18(17)21)22-19(24)23-25(15-7-3-1-4-8-15)16-9-5-2-6-10-16/h1-13H,(H,22,24). The van der Waals surface area contributed by atoms with Crippen LogP contribution in [0, 0.1) is 0 Å². The van der Waals surface area contributed by atoms with E-state index in [1.165, 1.54) is 0 Å². The molecule has 126 valence electrons. The van der Waals surface area contributed by atoms with Gasteiger partial charge in [0.25, 0.3) is 0 Å². The molecule has 0 aliphatic heterocycles. The molecule has 0 saturated heterocycles. The third kappa shape index (κ3) is 4.69. The fraction of sp³-hybridized carbons (Fsp3) is 0. The molecular formula is C19H14Cl2N2OS. The Morgan fingerprint density at radius 2 is 1.36 bits per heavy atom. The Labute approximate surface area is 158 Å². The van der Waals surface area contributed by atoms with Gasteiger partial charge in [0.05, 0.1) is 10.0 Å². The van der Waals surface area contributed by atoms with Crippen molar-refractivity contribution in [3.05, 3.63) is 88.9 Å². The number of hydrogen-bond donors (Lipinski definition) is 1. The SMILES string of the molecule is O=C(N=S(c1ccccc1)c1ccccc1)Nc1ccc(Cl)c(Cl)c1. The van der Waals surface area contributed by atoms with Crippen molar-refractivity contribution >= 4 is 45.6 Å². The molecule has 0 bridgehead atoms. The summed E-state index contributed by atoms with van der Waals surface area (Å²) >= 11 is 11.9. The molecule has 0 fully saturated rings. The second-order valence-electron chi connectivity index (χ2n) is 5.06. The van der Waals surface area contributed by atoms with E-state index >= 15 is 0 Å². The average molecular weight is 389 g/mol. The summed E-state index contributed by atoms with van der Waals surface area (Å²) in [6.45, 7) is 0. The highest BCUT2D eigenvalue weighted by atomic mass is 35.5. The van der Waals surface area contributed by atoms with Gasteiger partial charge in [-0.3, -0.25) is 0 Å². The predicted octanol–water partition coefficient (Wildman–Crippen LogP) is 6.45. The van der Waals surface area contributed by atoms with E-state index in [-0.39, 0.29) is 0 Å². The van der Waals surface area contributed by atoms with Crippen molar-refractivity contribution in [3.8, 4) is 0 Å². The second-order valence-corrected chi connectivity index (χ2v) is 7.57. The van der Waals surface area contributed by atoms with Gasteiger partial charge in [0.2, 0.25) is 0 Å². The number of carbonyl (C=O) groups excluding carboxylic acids is 1. The van der Waals surface area contributed by atoms with Gasteiger partial charge in [0, 0.05) is 15.5 Å². The molecule has 0 aliphatic carbocycles. The zero-order valence-electron chi connectivity index (χ0n) is 13.0. The molecule has 3 aromatic carbocycles. The Hall–Kier alpha value is -2.14. The van der Waals surface area contributed by atoms with Crippen molar-refractivity contribution in [2.24, 2.45) is 4.36 Å². The first-order chi connectivity index (χ1) is 12.1. The Morgan fingerprint density at radius 3 is 1.88 bits per heavy atom. The van der Waals surface area contributed by atoms with E-state index in [1.54, 1.807) is 18.2 Å². The Kier molecular flexibility index (Phi) is 5.87. The maximum Gasteiger partial charge on any atom is 0.352 e. The van der Waals surface area contributed by atoms with Crippen LogP contribution in [-0.2, 0) is 10.7 Å². The number of halogens is 2. The summed E-state index contributed by atoms with van der Waals surface area (Å²) in [5, 5.41) is 3.55. The molecule has 0 aliphatic rings. The van der Waals surface area contributed by atoms with E-state index in [1.807, 2.05) is 60.7 Å². The van der Waals surface area contributed by atoms with Gasteiger partial charge in [0.1, 0.15) is 0 Å². The molecule has 0 atom stereocenters. The number of amides is 2. The van der Waals surface area contributed by atoms with Crippen LogP contribution in [0.1, 0.15) is 0 Å². The van der Waals surface area contributed by atoms with E-state index < -0.39 is 16.7 Å². The molecule has 3 rings (SSSR count). The normalized spacial score (nSPS) is 10.5. The maximum atomic E-state index is 12.4. The van der Waals surface area contributed by atoms with Crippen LogP contribution < -0.4 is 5.32 Å². The monoisotopic (exact) mass is 388 g/mol. The first kappa shape index (κ1) is 17.7. The minimum Gasteiger partial charge on any atom is -0.306 e. The number of carbonyl (C=O) groups is 1. The van der Waals surface area contributed by atoms with Crippen LogP contribution in [-0.4, -0.2) is 6.03 Å². The minimum absolute atomic E-state index is 0.379. The summed E-state index contributed by atoms with van der Waals surface area (Å²) in [5.74, 6) is 0. The molecule has 0 radical (unpaired) electrons. The lowest BCUT2D eigenvalue weighted by Crippen LogP contribution is -2.08. The van der Waals surface area contributed by atoms with Crippen molar-refractivity contribution in [2.45, 2.75) is 9.79 Å². The van der Waals surface area contributed by atoms with Crippen molar-refractivity contribution in [1.29, 1.82) is 0 Å². The Bertz CT molecular complexity index is 874. The Morgan fingerprint density at radius 1 is 0.800 bits per heavy atom. The molecule has 25 heavy (non-hydrogen) atoms. The average Bonchev–Trinajstić information content (AvgIpc) is 2.64. The largest absolute Gasteiger partial charge is 0.352 e. The molecule has 0 heterocycles. The first-order valence-corrected chi connectivity index (χ1v) is 9.39. The van der Waals surface area contributed by atoms with E-state index in [9.17, 15) is 4.79 Å². The van der Waals surface area contributed by atoms with Crippen molar-refractivity contribution in [3.63, 3.8) is 0 Å². The van der Waals surface area contributed by atoms with E-state index in [4.69, 9.17) is 23.2 Å². The van der Waals surface area contributed by atoms with E-state index in [2.05, 4.69) is 9.68 Å². The van der Waals surface area contributed by atoms with Crippen LogP contribution in [0.4, 0.5) is 10.5 Å². The molecule has 1 N–H and O–H groups in total. The smallest absolute Gasteiger partial charge is 0.306 e. The van der Waals surface area contributed by atoms with Crippen LogP contribution in [0.2, 0.25) is 10.0 Å². The van der Waals surface area contributed by atoms with Crippen molar-refractivity contribution in [2.75, 3.05) is 5.32 Å². The number of nitrogens with zero attached hydrogens (tertiary/aromatic N) is 1. The lowest BCUT2D eigenvalue weighted by Gasteiger charge is -2.09. The topological polar surface area (TPSA) is 41.5 Å². The van der Waals surface area contributed by atoms with Gasteiger partial charge in [-0.1, -0.05) is 59.6 Å². The van der Waals surface area contributed by atoms with Crippen molar-refractivity contribution in [1.82, 2.24) is 0 Å². The summed E-state index contributed by atoms with van der Waals surface area (Å²) in [6, 6.07) is 24.0. The van der Waals surface area contributed by atoms with Gasteiger partial charge >= 0.3 is 6.03 Å². The highest BCUT2D eigenvalue weighted by Crippen LogP contribution is 2.25. The number of benzene rings is 3. The Balaban J connectivity index is 1.92. The third-order valence-corrected chi connectivity index (χ3v) is 5.80. The van der Waals surface area contributed by atoms with Crippen LogP contribution in [0.5, 0.6) is 0 Å². The zero-order valence-corrected chi connectivity index (χ0v) is 15.4. The number of hydrogen-bond acceptors (Lipinski definition) is 1. The molecule has 0 aromatic heterocycles. The predicted molar refractivity (Wildman–Crippen MR) is 105 cm³/mol. The second kappa shape index (κ2) is 8.30. The van der Waals surface area contributed by atoms with Crippen LogP contribution >= 0.6 is 23.2 Å². The summed E-state index contributed by atoms with van der Waals surface area (Å²) in [4.78, 5) is 14.4. The lowest BCUT2D eigenvalue weighted by atomic mass is 10.3. The molecule has 0 spiro atoms. The number of anilines is 1. The molecule has 2 amide bonds. The minimum atomic E-state index is -0.711. The molecule has 6 heteroatoms. The van der Waals surface area contributed by atoms with Gasteiger partial charge < -0.3 is 5.32 Å². The highest BCUT2D eigenvalue weighted by Gasteiger charge is 2.09. The van der Waals surface area contributed by atoms with Crippen LogP contribution in [0.25, 0.3) is 0 Å². The quantitative estimate of drug-likeness (QED) is 0.550. The number of rotatable bonds is 3. The van der Waals surface area contributed by atoms with Gasteiger partial charge in [-0.2, -0.15) is 4.36 Å². The molecule has 0 unspecified atom stereocenters. The first-order valence-electron chi connectivity index (χ1n) is 7.46.